The van der Waals surface area contributed by atoms with Crippen LogP contribution in [0.5, 0.6) is 0 Å². The minimum Gasteiger partial charge on any atom is -0.478 e. The number of rotatable bonds is 5. The fourth-order valence-electron chi connectivity index (χ4n) is 2.04. The number of hydrogen-bond acceptors (Lipinski definition) is 4. The Hall–Kier alpha value is -2.08. The van der Waals surface area contributed by atoms with Crippen LogP contribution in [0.15, 0.2) is 41.0 Å². The first-order valence-corrected chi connectivity index (χ1v) is 7.28. The number of nitrogens with zero attached hydrogens (tertiary/aromatic N) is 2. The van der Waals surface area contributed by atoms with Gasteiger partial charge in [0.15, 0.2) is 0 Å². The van der Waals surface area contributed by atoms with E-state index in [0.29, 0.717) is 12.2 Å². The summed E-state index contributed by atoms with van der Waals surface area (Å²) in [6.07, 6.45) is 1.75. The lowest BCUT2D eigenvalue weighted by Crippen LogP contribution is -2.23. The first kappa shape index (κ1) is 15.3. The number of pyridine rings is 1. The second kappa shape index (κ2) is 6.58. The standard InChI is InChI=1S/C15H16BrN3O2/c1-2-19(9-12-5-4-11(16)8-18-12)14-6-3-10(15(20)21)7-13(14)17/h3-8H,2,9,17H2,1H3,(H,20,21). The van der Waals surface area contributed by atoms with Gasteiger partial charge in [-0.25, -0.2) is 4.79 Å². The van der Waals surface area contributed by atoms with Crippen LogP contribution < -0.4 is 10.6 Å². The Morgan fingerprint density at radius 3 is 2.67 bits per heavy atom. The number of hydrogen-bond donors (Lipinski definition) is 2. The summed E-state index contributed by atoms with van der Waals surface area (Å²) in [4.78, 5) is 17.3. The van der Waals surface area contributed by atoms with Crippen LogP contribution >= 0.6 is 15.9 Å². The van der Waals surface area contributed by atoms with Crippen molar-refractivity contribution in [1.29, 1.82) is 0 Å². The zero-order chi connectivity index (χ0) is 15.4. The third kappa shape index (κ3) is 3.72. The van der Waals surface area contributed by atoms with Crippen molar-refractivity contribution in [3.63, 3.8) is 0 Å². The van der Waals surface area contributed by atoms with Crippen LogP contribution in [0, 0.1) is 0 Å². The van der Waals surface area contributed by atoms with Crippen molar-refractivity contribution in [3.05, 3.63) is 52.3 Å². The number of halogens is 1. The number of aromatic carboxylic acids is 1. The molecule has 2 aromatic rings. The van der Waals surface area contributed by atoms with Crippen molar-refractivity contribution in [2.45, 2.75) is 13.5 Å². The highest BCUT2D eigenvalue weighted by molar-refractivity contribution is 9.10. The van der Waals surface area contributed by atoms with Crippen LogP contribution in [0.4, 0.5) is 11.4 Å². The van der Waals surface area contributed by atoms with Crippen molar-refractivity contribution < 1.29 is 9.90 Å². The van der Waals surface area contributed by atoms with E-state index in [1.165, 1.54) is 6.07 Å². The Morgan fingerprint density at radius 1 is 1.38 bits per heavy atom. The lowest BCUT2D eigenvalue weighted by atomic mass is 10.1. The molecule has 0 atom stereocenters. The van der Waals surface area contributed by atoms with Gasteiger partial charge in [-0.15, -0.1) is 0 Å². The quantitative estimate of drug-likeness (QED) is 0.810. The van der Waals surface area contributed by atoms with Gasteiger partial charge in [-0.05, 0) is 53.2 Å². The summed E-state index contributed by atoms with van der Waals surface area (Å²) >= 11 is 3.36. The molecule has 2 rings (SSSR count). The van der Waals surface area contributed by atoms with Crippen LogP contribution in [0.2, 0.25) is 0 Å². The lowest BCUT2D eigenvalue weighted by molar-refractivity contribution is 0.0697. The maximum atomic E-state index is 10.9. The van der Waals surface area contributed by atoms with E-state index < -0.39 is 5.97 Å². The van der Waals surface area contributed by atoms with Crippen LogP contribution in [0.25, 0.3) is 0 Å². The number of anilines is 2. The molecule has 0 spiro atoms. The van der Waals surface area contributed by atoms with Crippen molar-refractivity contribution in [2.24, 2.45) is 0 Å². The summed E-state index contributed by atoms with van der Waals surface area (Å²) in [7, 11) is 0. The highest BCUT2D eigenvalue weighted by atomic mass is 79.9. The molecule has 0 aliphatic carbocycles. The Kier molecular flexibility index (Phi) is 4.80. The van der Waals surface area contributed by atoms with Gasteiger partial charge in [-0.1, -0.05) is 0 Å². The van der Waals surface area contributed by atoms with E-state index in [-0.39, 0.29) is 5.56 Å². The molecule has 0 radical (unpaired) electrons. The third-order valence-electron chi connectivity index (χ3n) is 3.14. The molecule has 0 saturated carbocycles. The molecule has 6 heteroatoms. The van der Waals surface area contributed by atoms with E-state index in [9.17, 15) is 4.79 Å². The molecule has 1 heterocycles. The summed E-state index contributed by atoms with van der Waals surface area (Å²) in [6, 6.07) is 8.66. The van der Waals surface area contributed by atoms with Crippen LogP contribution in [0.1, 0.15) is 23.0 Å². The number of nitrogen functional groups attached to an aromatic ring is 1. The zero-order valence-electron chi connectivity index (χ0n) is 11.6. The monoisotopic (exact) mass is 349 g/mol. The Bertz CT molecular complexity index is 644. The highest BCUT2D eigenvalue weighted by Gasteiger charge is 2.12. The molecule has 21 heavy (non-hydrogen) atoms. The van der Waals surface area contributed by atoms with Crippen LogP contribution in [-0.2, 0) is 6.54 Å². The average molecular weight is 350 g/mol. The van der Waals surface area contributed by atoms with Gasteiger partial charge < -0.3 is 15.7 Å². The number of aromatic nitrogens is 1. The molecule has 0 aliphatic heterocycles. The number of carboxylic acid groups (broad SMARTS) is 1. The normalized spacial score (nSPS) is 10.4. The van der Waals surface area contributed by atoms with Crippen LogP contribution in [-0.4, -0.2) is 22.6 Å². The molecule has 0 bridgehead atoms. The molecule has 0 saturated heterocycles. The summed E-state index contributed by atoms with van der Waals surface area (Å²) in [6.45, 7) is 3.37. The van der Waals surface area contributed by atoms with Crippen molar-refractivity contribution >= 4 is 33.3 Å². The maximum Gasteiger partial charge on any atom is 0.335 e. The molecule has 110 valence electrons. The van der Waals surface area contributed by atoms with Gasteiger partial charge in [-0.3, -0.25) is 4.98 Å². The SMILES string of the molecule is CCN(Cc1ccc(Br)cn1)c1ccc(C(=O)O)cc1N. The molecule has 1 aromatic heterocycles. The van der Waals surface area contributed by atoms with Crippen LogP contribution in [0.3, 0.4) is 0 Å². The fraction of sp³-hybridized carbons (Fsp3) is 0.200. The molecular weight excluding hydrogens is 334 g/mol. The van der Waals surface area contributed by atoms with E-state index in [1.807, 2.05) is 19.1 Å². The third-order valence-corrected chi connectivity index (χ3v) is 3.61. The summed E-state index contributed by atoms with van der Waals surface area (Å²) < 4.78 is 0.930. The summed E-state index contributed by atoms with van der Waals surface area (Å²) in [5, 5.41) is 8.97. The van der Waals surface area contributed by atoms with Gasteiger partial charge in [0.05, 0.1) is 29.2 Å². The topological polar surface area (TPSA) is 79.5 Å². The minimum absolute atomic E-state index is 0.189. The van der Waals surface area contributed by atoms with Crippen molar-refractivity contribution in [2.75, 3.05) is 17.2 Å². The average Bonchev–Trinajstić information content (AvgIpc) is 2.47. The number of carboxylic acids is 1. The lowest BCUT2D eigenvalue weighted by Gasteiger charge is -2.24. The first-order chi connectivity index (χ1) is 10.0. The van der Waals surface area contributed by atoms with Gasteiger partial charge in [0.2, 0.25) is 0 Å². The van der Waals surface area contributed by atoms with E-state index in [4.69, 9.17) is 10.8 Å². The van der Waals surface area contributed by atoms with Crippen molar-refractivity contribution in [1.82, 2.24) is 4.98 Å². The summed E-state index contributed by atoms with van der Waals surface area (Å²) in [5.74, 6) is -0.981. The second-order valence-corrected chi connectivity index (χ2v) is 5.48. The Morgan fingerprint density at radius 2 is 2.14 bits per heavy atom. The Labute approximate surface area is 131 Å². The summed E-state index contributed by atoms with van der Waals surface area (Å²) in [5.41, 5.74) is 8.35. The van der Waals surface area contributed by atoms with E-state index in [1.54, 1.807) is 18.3 Å². The van der Waals surface area contributed by atoms with Gasteiger partial charge in [0.25, 0.3) is 0 Å². The maximum absolute atomic E-state index is 10.9. The van der Waals surface area contributed by atoms with Crippen molar-refractivity contribution in [3.8, 4) is 0 Å². The minimum atomic E-state index is -0.981. The van der Waals surface area contributed by atoms with E-state index in [2.05, 4.69) is 25.8 Å². The van der Waals surface area contributed by atoms with E-state index >= 15 is 0 Å². The molecule has 0 unspecified atom stereocenters. The van der Waals surface area contributed by atoms with Gasteiger partial charge in [0, 0.05) is 17.2 Å². The Balaban J connectivity index is 2.25. The second-order valence-electron chi connectivity index (χ2n) is 4.56. The molecule has 1 aromatic carbocycles. The number of carbonyl (C=O) groups is 1. The van der Waals surface area contributed by atoms with Gasteiger partial charge in [0.1, 0.15) is 0 Å². The highest BCUT2D eigenvalue weighted by Crippen LogP contribution is 2.25. The molecule has 0 amide bonds. The van der Waals surface area contributed by atoms with Gasteiger partial charge in [-0.2, -0.15) is 0 Å². The fourth-order valence-corrected chi connectivity index (χ4v) is 2.27. The molecular formula is C15H16BrN3O2. The predicted molar refractivity (Wildman–Crippen MR) is 86.5 cm³/mol. The van der Waals surface area contributed by atoms with E-state index in [0.717, 1.165) is 22.4 Å². The number of nitrogens with two attached hydrogens (primary N) is 1. The zero-order valence-corrected chi connectivity index (χ0v) is 13.2. The molecule has 5 nitrogen and oxygen atoms in total. The van der Waals surface area contributed by atoms with Gasteiger partial charge >= 0.3 is 5.97 Å². The molecule has 0 fully saturated rings. The molecule has 0 aliphatic rings. The largest absolute Gasteiger partial charge is 0.478 e. The predicted octanol–water partition coefficient (Wildman–Crippen LogP) is 3.15. The number of benzene rings is 1. The first-order valence-electron chi connectivity index (χ1n) is 6.49. The molecule has 3 N–H and O–H groups in total. The smallest absolute Gasteiger partial charge is 0.335 e.